The molecule has 0 bridgehead atoms. The maximum atomic E-state index is 2.68. The third-order valence-electron chi connectivity index (χ3n) is 6.21. The van der Waals surface area contributed by atoms with Gasteiger partial charge in [-0.25, -0.2) is 0 Å². The Morgan fingerprint density at radius 1 is 0.576 bits per heavy atom. The number of benzene rings is 4. The Bertz CT molecular complexity index is 1220. The molecule has 1 heterocycles. The maximum Gasteiger partial charge on any atom is 0.193 e. The van der Waals surface area contributed by atoms with Crippen LogP contribution in [0.15, 0.2) is 121 Å². The van der Waals surface area contributed by atoms with Gasteiger partial charge in [0.2, 0.25) is 0 Å². The summed E-state index contributed by atoms with van der Waals surface area (Å²) >= 11 is 2.68. The third kappa shape index (κ3) is 3.95. The van der Waals surface area contributed by atoms with E-state index in [1.807, 2.05) is 0 Å². The van der Waals surface area contributed by atoms with Crippen molar-refractivity contribution < 1.29 is 0 Å². The van der Waals surface area contributed by atoms with Gasteiger partial charge in [0.25, 0.3) is 0 Å². The minimum atomic E-state index is -0.361. The summed E-state index contributed by atoms with van der Waals surface area (Å²) in [6.07, 6.45) is 0. The van der Waals surface area contributed by atoms with Gasteiger partial charge in [0.15, 0.2) is 3.67 Å². The number of alkyl halides is 1. The molecule has 0 aliphatic carbocycles. The van der Waals surface area contributed by atoms with Crippen molar-refractivity contribution in [2.24, 2.45) is 0 Å². The average molecular weight is 542 g/mol. The van der Waals surface area contributed by atoms with Crippen LogP contribution in [0.1, 0.15) is 29.2 Å². The molecular weight excluding hydrogens is 515 g/mol. The third-order valence-corrected chi connectivity index (χ3v) is 8.00. The molecule has 0 spiro atoms. The fourth-order valence-electron chi connectivity index (χ4n) is 4.75. The van der Waals surface area contributed by atoms with Crippen LogP contribution in [-0.4, -0.2) is 16.3 Å². The standard InChI is InChI=1S/C30H27IN2/c1-2-32-28(25-17-9-4-10-18-25)29(26-19-11-5-12-20-26)33(23-24-15-7-3-8-16-24)30(32,31)27-21-13-6-14-22-27/h3-22H,2,23H2,1H3. The van der Waals surface area contributed by atoms with E-state index in [0.29, 0.717) is 0 Å². The molecule has 1 unspecified atom stereocenters. The molecular formula is C30H27IN2. The summed E-state index contributed by atoms with van der Waals surface area (Å²) in [6, 6.07) is 43.3. The van der Waals surface area contributed by atoms with Gasteiger partial charge >= 0.3 is 0 Å². The molecule has 0 aromatic heterocycles. The first-order valence-electron chi connectivity index (χ1n) is 11.4. The van der Waals surface area contributed by atoms with E-state index in [4.69, 9.17) is 0 Å². The molecule has 1 atom stereocenters. The minimum Gasteiger partial charge on any atom is -0.335 e. The molecule has 0 saturated heterocycles. The quantitative estimate of drug-likeness (QED) is 0.141. The second kappa shape index (κ2) is 9.44. The fraction of sp³-hybridized carbons (Fsp3) is 0.133. The van der Waals surface area contributed by atoms with E-state index in [1.165, 1.54) is 33.6 Å². The zero-order valence-electron chi connectivity index (χ0n) is 18.7. The largest absolute Gasteiger partial charge is 0.335 e. The summed E-state index contributed by atoms with van der Waals surface area (Å²) in [5.74, 6) is 0. The Hall–Kier alpha value is -3.05. The Balaban J connectivity index is 1.80. The van der Waals surface area contributed by atoms with E-state index in [9.17, 15) is 0 Å². The smallest absolute Gasteiger partial charge is 0.193 e. The molecule has 2 nitrogen and oxygen atoms in total. The molecule has 4 aromatic carbocycles. The van der Waals surface area contributed by atoms with E-state index in [-0.39, 0.29) is 3.67 Å². The van der Waals surface area contributed by atoms with Crippen molar-refractivity contribution in [3.05, 3.63) is 144 Å². The Labute approximate surface area is 210 Å². The van der Waals surface area contributed by atoms with Crippen LogP contribution >= 0.6 is 22.6 Å². The first-order chi connectivity index (χ1) is 16.2. The number of hydrogen-bond donors (Lipinski definition) is 0. The maximum absolute atomic E-state index is 2.68. The van der Waals surface area contributed by atoms with Gasteiger partial charge in [-0.1, -0.05) is 121 Å². The molecule has 0 radical (unpaired) electrons. The van der Waals surface area contributed by atoms with Crippen LogP contribution in [0.2, 0.25) is 0 Å². The first-order valence-corrected chi connectivity index (χ1v) is 12.5. The summed E-state index contributed by atoms with van der Waals surface area (Å²) in [5, 5.41) is 0. The Kier molecular flexibility index (Phi) is 6.23. The normalized spacial score (nSPS) is 18.1. The van der Waals surface area contributed by atoms with Crippen LogP contribution < -0.4 is 0 Å². The van der Waals surface area contributed by atoms with Crippen molar-refractivity contribution in [3.8, 4) is 0 Å². The topological polar surface area (TPSA) is 6.48 Å². The van der Waals surface area contributed by atoms with Crippen LogP contribution in [0.25, 0.3) is 11.4 Å². The van der Waals surface area contributed by atoms with Gasteiger partial charge < -0.3 is 9.80 Å². The molecule has 1 aliphatic rings. The van der Waals surface area contributed by atoms with Gasteiger partial charge in [-0.15, -0.1) is 0 Å². The zero-order chi connectivity index (χ0) is 22.7. The lowest BCUT2D eigenvalue weighted by molar-refractivity contribution is 0.147. The molecule has 5 rings (SSSR count). The second-order valence-electron chi connectivity index (χ2n) is 8.20. The molecule has 4 aromatic rings. The SMILES string of the molecule is CCN1C(c2ccccc2)=C(c2ccccc2)N(Cc2ccccc2)C1(I)c1ccccc1. The summed E-state index contributed by atoms with van der Waals surface area (Å²) in [4.78, 5) is 5.14. The zero-order valence-corrected chi connectivity index (χ0v) is 20.9. The van der Waals surface area contributed by atoms with Crippen molar-refractivity contribution in [1.29, 1.82) is 0 Å². The van der Waals surface area contributed by atoms with Crippen molar-refractivity contribution in [2.75, 3.05) is 6.54 Å². The van der Waals surface area contributed by atoms with E-state index in [1.54, 1.807) is 0 Å². The lowest BCUT2D eigenvalue weighted by atomic mass is 10.0. The molecule has 0 saturated carbocycles. The lowest BCUT2D eigenvalue weighted by Gasteiger charge is -2.43. The number of halogens is 1. The van der Waals surface area contributed by atoms with Crippen molar-refractivity contribution in [3.63, 3.8) is 0 Å². The Morgan fingerprint density at radius 3 is 1.48 bits per heavy atom. The summed E-state index contributed by atoms with van der Waals surface area (Å²) in [7, 11) is 0. The van der Waals surface area contributed by atoms with Crippen LogP contribution in [-0.2, 0) is 10.2 Å². The van der Waals surface area contributed by atoms with Gasteiger partial charge in [0.05, 0.1) is 11.4 Å². The van der Waals surface area contributed by atoms with Crippen LogP contribution in [0.5, 0.6) is 0 Å². The van der Waals surface area contributed by atoms with Gasteiger partial charge in [0.1, 0.15) is 0 Å². The predicted octanol–water partition coefficient (Wildman–Crippen LogP) is 7.60. The van der Waals surface area contributed by atoms with E-state index in [2.05, 4.69) is 161 Å². The van der Waals surface area contributed by atoms with Gasteiger partial charge in [-0.05, 0) is 35.1 Å². The molecule has 1 aliphatic heterocycles. The van der Waals surface area contributed by atoms with E-state index < -0.39 is 0 Å². The molecule has 3 heteroatoms. The molecule has 0 N–H and O–H groups in total. The van der Waals surface area contributed by atoms with Crippen molar-refractivity contribution in [1.82, 2.24) is 9.80 Å². The monoisotopic (exact) mass is 542 g/mol. The lowest BCUT2D eigenvalue weighted by Crippen LogP contribution is -2.46. The van der Waals surface area contributed by atoms with Crippen LogP contribution in [0.4, 0.5) is 0 Å². The van der Waals surface area contributed by atoms with Gasteiger partial charge in [0, 0.05) is 29.8 Å². The number of rotatable bonds is 6. The van der Waals surface area contributed by atoms with E-state index in [0.717, 1.165) is 13.1 Å². The summed E-state index contributed by atoms with van der Waals surface area (Å²) in [6.45, 7) is 3.97. The molecule has 164 valence electrons. The highest BCUT2D eigenvalue weighted by atomic mass is 127. The highest BCUT2D eigenvalue weighted by Gasteiger charge is 2.50. The highest BCUT2D eigenvalue weighted by molar-refractivity contribution is 14.1. The highest BCUT2D eigenvalue weighted by Crippen LogP contribution is 2.55. The number of hydrogen-bond acceptors (Lipinski definition) is 2. The van der Waals surface area contributed by atoms with Crippen molar-refractivity contribution in [2.45, 2.75) is 17.1 Å². The van der Waals surface area contributed by atoms with E-state index >= 15 is 0 Å². The number of nitrogens with zero attached hydrogens (tertiary/aromatic N) is 2. The summed E-state index contributed by atoms with van der Waals surface area (Å²) in [5.41, 5.74) is 7.60. The average Bonchev–Trinajstić information content (AvgIpc) is 3.15. The fourth-order valence-corrected chi connectivity index (χ4v) is 6.11. The van der Waals surface area contributed by atoms with Gasteiger partial charge in [-0.3, -0.25) is 0 Å². The minimum absolute atomic E-state index is 0.361. The molecule has 0 fully saturated rings. The predicted molar refractivity (Wildman–Crippen MR) is 146 cm³/mol. The Morgan fingerprint density at radius 2 is 1.00 bits per heavy atom. The van der Waals surface area contributed by atoms with Gasteiger partial charge in [-0.2, -0.15) is 0 Å². The van der Waals surface area contributed by atoms with Crippen LogP contribution in [0.3, 0.4) is 0 Å². The second-order valence-corrected chi connectivity index (χ2v) is 9.70. The van der Waals surface area contributed by atoms with Crippen LogP contribution in [0, 0.1) is 0 Å². The first kappa shape index (κ1) is 21.8. The molecule has 0 amide bonds. The molecule has 33 heavy (non-hydrogen) atoms. The summed E-state index contributed by atoms with van der Waals surface area (Å²) < 4.78 is -0.361. The van der Waals surface area contributed by atoms with Crippen molar-refractivity contribution >= 4 is 34.0 Å².